The van der Waals surface area contributed by atoms with Crippen LogP contribution in [0.4, 0.5) is 0 Å². The van der Waals surface area contributed by atoms with Gasteiger partial charge in [0, 0.05) is 12.3 Å². The quantitative estimate of drug-likeness (QED) is 0.209. The van der Waals surface area contributed by atoms with Gasteiger partial charge < -0.3 is 20.4 Å². The van der Waals surface area contributed by atoms with Crippen LogP contribution in [-0.2, 0) is 16.0 Å². The lowest BCUT2D eigenvalue weighted by molar-refractivity contribution is -0.127. The van der Waals surface area contributed by atoms with Crippen LogP contribution in [0.15, 0.2) is 41.5 Å². The maximum atomic E-state index is 12.2. The summed E-state index contributed by atoms with van der Waals surface area (Å²) >= 11 is 0. The molecule has 0 amide bonds. The number of hydrogen-bond donors (Lipinski definition) is 4. The smallest absolute Gasteiger partial charge is 0.155 e. The summed E-state index contributed by atoms with van der Waals surface area (Å²) in [5, 5.41) is 40.6. The van der Waals surface area contributed by atoms with Gasteiger partial charge in [-0.2, -0.15) is 0 Å². The molecule has 18 atom stereocenters. The van der Waals surface area contributed by atoms with Crippen molar-refractivity contribution in [1.29, 1.82) is 0 Å². The van der Waals surface area contributed by atoms with Crippen LogP contribution in [0, 0.1) is 80.3 Å². The van der Waals surface area contributed by atoms with Crippen LogP contribution in [0.3, 0.4) is 0 Å². The zero-order chi connectivity index (χ0) is 45.1. The molecule has 0 aromatic heterocycles. The SMILES string of the molecule is CC(=O)[C@H]1CC[C@H]2[C@@H]3CC=C4C[C@@H](O)CC[C@]4(C)[C@H]3CC[C@]12C.C[C@]12CC[C@@H]3c4ccc(O)cc4CC[C@H]3[C@@H]1CC[C@@H]2O.C[C@]12CC[C@H]3[C@@H](CCC4=CC(=O)CC[C@@]43C)[C@@H]1CC[C@@H]2O. The first-order valence-electron chi connectivity index (χ1n) is 26.7. The fourth-order valence-corrected chi connectivity index (χ4v) is 19.4. The molecule has 12 rings (SSSR count). The Morgan fingerprint density at radius 1 is 0.594 bits per heavy atom. The predicted molar refractivity (Wildman–Crippen MR) is 253 cm³/mol. The highest BCUT2D eigenvalue weighted by Crippen LogP contribution is 2.68. The maximum Gasteiger partial charge on any atom is 0.155 e. The Balaban J connectivity index is 0.000000114. The fourth-order valence-electron chi connectivity index (χ4n) is 19.4. The van der Waals surface area contributed by atoms with E-state index in [9.17, 15) is 30.0 Å². The van der Waals surface area contributed by atoms with Gasteiger partial charge in [0.25, 0.3) is 0 Å². The third-order valence-corrected chi connectivity index (χ3v) is 23.1. The third kappa shape index (κ3) is 7.07. The third-order valence-electron chi connectivity index (χ3n) is 23.1. The Morgan fingerprint density at radius 2 is 1.20 bits per heavy atom. The number of fused-ring (bicyclic) bond motifs is 15. The minimum Gasteiger partial charge on any atom is -0.508 e. The molecule has 0 bridgehead atoms. The number of phenols is 1. The van der Waals surface area contributed by atoms with Crippen molar-refractivity contribution in [3.63, 3.8) is 0 Å². The lowest BCUT2D eigenvalue weighted by Gasteiger charge is -2.57. The zero-order valence-corrected chi connectivity index (χ0v) is 40.6. The first-order valence-corrected chi connectivity index (χ1v) is 26.7. The van der Waals surface area contributed by atoms with Gasteiger partial charge in [-0.1, -0.05) is 57.9 Å². The Kier molecular flexibility index (Phi) is 11.7. The molecule has 11 aliphatic carbocycles. The summed E-state index contributed by atoms with van der Waals surface area (Å²) in [6.45, 7) is 13.8. The minimum atomic E-state index is -0.117. The van der Waals surface area contributed by atoms with Crippen LogP contribution in [-0.4, -0.2) is 50.3 Å². The van der Waals surface area contributed by atoms with E-state index in [-0.39, 0.29) is 40.0 Å². The van der Waals surface area contributed by atoms with Gasteiger partial charge in [-0.3, -0.25) is 9.59 Å². The summed E-state index contributed by atoms with van der Waals surface area (Å²) in [6.07, 6.45) is 28.9. The van der Waals surface area contributed by atoms with E-state index in [1.165, 1.54) is 87.3 Å². The molecule has 4 N–H and O–H groups in total. The largest absolute Gasteiger partial charge is 0.508 e. The second-order valence-electron chi connectivity index (χ2n) is 25.5. The number of aliphatic hydroxyl groups is 3. The van der Waals surface area contributed by atoms with Gasteiger partial charge in [0.15, 0.2) is 5.78 Å². The molecule has 64 heavy (non-hydrogen) atoms. The highest BCUT2D eigenvalue weighted by molar-refractivity contribution is 5.91. The molecule has 8 fully saturated rings. The lowest BCUT2D eigenvalue weighted by atomic mass is 9.47. The molecule has 0 radical (unpaired) electrons. The van der Waals surface area contributed by atoms with Crippen LogP contribution in [0.2, 0.25) is 0 Å². The van der Waals surface area contributed by atoms with E-state index < -0.39 is 0 Å². The number of aryl methyl sites for hydroxylation is 1. The second-order valence-corrected chi connectivity index (χ2v) is 25.5. The minimum absolute atomic E-state index is 0.0823. The van der Waals surface area contributed by atoms with Crippen molar-refractivity contribution < 1.29 is 30.0 Å². The van der Waals surface area contributed by atoms with Crippen LogP contribution < -0.4 is 0 Å². The number of benzene rings is 1. The molecule has 11 aliphatic rings. The molecule has 352 valence electrons. The molecule has 1 aromatic rings. The van der Waals surface area contributed by atoms with E-state index >= 15 is 0 Å². The molecular weight excluding hydrogens is 793 g/mol. The average Bonchev–Trinajstić information content (AvgIpc) is 3.90. The molecule has 1 aromatic carbocycles. The summed E-state index contributed by atoms with van der Waals surface area (Å²) in [7, 11) is 0. The van der Waals surface area contributed by atoms with Gasteiger partial charge in [-0.05, 0) is 251 Å². The van der Waals surface area contributed by atoms with Crippen molar-refractivity contribution in [2.75, 3.05) is 0 Å². The van der Waals surface area contributed by atoms with Gasteiger partial charge in [0.2, 0.25) is 0 Å². The van der Waals surface area contributed by atoms with E-state index in [0.717, 1.165) is 106 Å². The summed E-state index contributed by atoms with van der Waals surface area (Å²) in [5.41, 5.74) is 6.99. The Morgan fingerprint density at radius 3 is 1.92 bits per heavy atom. The van der Waals surface area contributed by atoms with Crippen molar-refractivity contribution in [3.8, 4) is 5.75 Å². The number of carbonyl (C=O) groups excluding carboxylic acids is 2. The summed E-state index contributed by atoms with van der Waals surface area (Å²) in [5.74, 6) is 8.07. The Hall–Kier alpha value is -2.28. The Bertz CT molecular complexity index is 2050. The number of rotatable bonds is 1. The summed E-state index contributed by atoms with van der Waals surface area (Å²) in [4.78, 5) is 23.9. The van der Waals surface area contributed by atoms with Gasteiger partial charge >= 0.3 is 0 Å². The second kappa shape index (κ2) is 16.5. The molecule has 8 saturated carbocycles. The number of hydrogen-bond acceptors (Lipinski definition) is 6. The molecule has 0 unspecified atom stereocenters. The maximum absolute atomic E-state index is 12.2. The molecule has 0 saturated heterocycles. The molecule has 0 heterocycles. The first kappa shape index (κ1) is 45.5. The van der Waals surface area contributed by atoms with Crippen LogP contribution in [0.5, 0.6) is 5.75 Å². The van der Waals surface area contributed by atoms with Gasteiger partial charge in [-0.15, -0.1) is 0 Å². The number of phenolic OH excluding ortho intramolecular Hbond substituents is 1. The number of aliphatic hydroxyl groups excluding tert-OH is 3. The molecule has 0 aliphatic heterocycles. The van der Waals surface area contributed by atoms with Crippen molar-refractivity contribution in [2.45, 2.75) is 207 Å². The van der Waals surface area contributed by atoms with Crippen molar-refractivity contribution in [3.05, 3.63) is 52.6 Å². The number of ketones is 2. The standard InChI is InChI=1S/C21H32O2.C19H28O2.C18H24O2/c1-13(22)17-6-7-18-16-5-4-14-12-15(23)8-10-20(14,2)19(16)9-11-21(17,18)3;1-18-9-7-13(20)11-12(18)3-4-14-15-5-6-17(21)19(15,2)10-8-16(14)18;1-18-9-8-14-13-5-3-12(19)10-11(13)2-4-15(14)16(18)6-7-17(18)20/h4,15-19,23H,5-12H2,1-3H3;11,14-17,21H,3-10H2,1-2H3;3,5,10,14-17,19-20H,2,4,6-9H2,1H3/t15-,16-,17+,18-,19-,20-,21+;14-,15-,16-,17-,18-,19-;14-,15-,16+,17+,18+/m001/s1. The van der Waals surface area contributed by atoms with E-state index in [2.05, 4.69) is 46.8 Å². The van der Waals surface area contributed by atoms with Crippen molar-refractivity contribution >= 4 is 11.6 Å². The summed E-state index contributed by atoms with van der Waals surface area (Å²) in [6, 6.07) is 5.96. The predicted octanol–water partition coefficient (Wildman–Crippen LogP) is 12.0. The van der Waals surface area contributed by atoms with Gasteiger partial charge in [0.05, 0.1) is 18.3 Å². The highest BCUT2D eigenvalue weighted by atomic mass is 16.3. The molecular formula is C58H84O6. The summed E-state index contributed by atoms with van der Waals surface area (Å²) < 4.78 is 0. The van der Waals surface area contributed by atoms with Gasteiger partial charge in [0.1, 0.15) is 11.5 Å². The number of Topliss-reactive ketones (excluding diaryl/α,β-unsaturated/α-hetero) is 1. The van der Waals surface area contributed by atoms with Crippen molar-refractivity contribution in [2.24, 2.45) is 80.3 Å². The van der Waals surface area contributed by atoms with E-state index in [4.69, 9.17) is 0 Å². The van der Waals surface area contributed by atoms with E-state index in [1.807, 2.05) is 25.1 Å². The normalized spacial score (nSPS) is 49.4. The van der Waals surface area contributed by atoms with E-state index in [1.54, 1.807) is 5.57 Å². The van der Waals surface area contributed by atoms with Crippen LogP contribution >= 0.6 is 0 Å². The zero-order valence-electron chi connectivity index (χ0n) is 40.6. The number of aromatic hydroxyl groups is 1. The topological polar surface area (TPSA) is 115 Å². The highest BCUT2D eigenvalue weighted by Gasteiger charge is 2.61. The number of allylic oxidation sites excluding steroid dienone is 2. The van der Waals surface area contributed by atoms with Crippen LogP contribution in [0.25, 0.3) is 0 Å². The molecule has 6 heteroatoms. The monoisotopic (exact) mass is 877 g/mol. The first-order chi connectivity index (χ1) is 30.4. The Labute approximate surface area is 385 Å². The average molecular weight is 877 g/mol. The number of carbonyl (C=O) groups is 2. The lowest BCUT2D eigenvalue weighted by Crippen LogP contribution is -2.51. The van der Waals surface area contributed by atoms with Crippen molar-refractivity contribution in [1.82, 2.24) is 0 Å². The van der Waals surface area contributed by atoms with Gasteiger partial charge in [-0.25, -0.2) is 0 Å². The molecule has 0 spiro atoms. The molecule has 6 nitrogen and oxygen atoms in total. The van der Waals surface area contributed by atoms with Crippen LogP contribution in [0.1, 0.15) is 193 Å². The fraction of sp³-hybridized carbons (Fsp3) is 0.793. The van der Waals surface area contributed by atoms with E-state index in [0.29, 0.717) is 46.4 Å².